The molecular weight excluding hydrogens is 445 g/mol. The molecule has 2 aromatic carbocycles. The highest BCUT2D eigenvalue weighted by molar-refractivity contribution is 7.86. The van der Waals surface area contributed by atoms with E-state index in [0.717, 1.165) is 13.0 Å². The van der Waals surface area contributed by atoms with E-state index in [1.165, 1.54) is 25.3 Å². The van der Waals surface area contributed by atoms with Gasteiger partial charge in [-0.1, -0.05) is 49.9 Å². The number of methoxy groups -OCH3 is 1. The average molecular weight is 472 g/mol. The Morgan fingerprint density at radius 1 is 1.03 bits per heavy atom. The first-order valence-corrected chi connectivity index (χ1v) is 10.2. The van der Waals surface area contributed by atoms with Gasteiger partial charge in [-0.15, -0.1) is 0 Å². The molecule has 0 aliphatic rings. The van der Waals surface area contributed by atoms with Crippen molar-refractivity contribution in [3.8, 4) is 0 Å². The molecule has 0 radical (unpaired) electrons. The number of rotatable bonds is 9. The molecule has 0 heterocycles. The predicted octanol–water partition coefficient (Wildman–Crippen LogP) is 2.94. The summed E-state index contributed by atoms with van der Waals surface area (Å²) in [7, 11) is -3.27. The van der Waals surface area contributed by atoms with Gasteiger partial charge in [0.1, 0.15) is 4.90 Å². The predicted molar refractivity (Wildman–Crippen MR) is 115 cm³/mol. The number of ether oxygens (including phenoxy) is 2. The number of Topliss-reactive ketones (excluding diaryl/α,β-unsaturated/α-hetero) is 1. The second-order valence-electron chi connectivity index (χ2n) is 6.29. The number of amides is 1. The van der Waals surface area contributed by atoms with Gasteiger partial charge in [0.25, 0.3) is 10.1 Å². The molecule has 32 heavy (non-hydrogen) atoms. The summed E-state index contributed by atoms with van der Waals surface area (Å²) in [5.74, 6) is -2.22. The van der Waals surface area contributed by atoms with Gasteiger partial charge >= 0.3 is 5.97 Å². The van der Waals surface area contributed by atoms with Crippen LogP contribution in [-0.4, -0.2) is 43.8 Å². The quantitative estimate of drug-likeness (QED) is 0.421. The van der Waals surface area contributed by atoms with Crippen LogP contribution in [0.3, 0.4) is 0 Å². The summed E-state index contributed by atoms with van der Waals surface area (Å²) in [6.45, 7) is 1.15. The second kappa shape index (κ2) is 12.6. The fourth-order valence-electron chi connectivity index (χ4n) is 2.63. The topological polar surface area (TPSA) is 136 Å². The summed E-state index contributed by atoms with van der Waals surface area (Å²) in [6.07, 6.45) is -3.04. The molecule has 1 amide bonds. The van der Waals surface area contributed by atoms with Gasteiger partial charge in [-0.05, 0) is 24.6 Å². The molecule has 0 aromatic heterocycles. The summed E-state index contributed by atoms with van der Waals surface area (Å²) in [6, 6.07) is 13.7. The largest absolute Gasteiger partial charge is 0.452 e. The van der Waals surface area contributed by atoms with Crippen molar-refractivity contribution in [3.05, 3.63) is 60.2 Å². The lowest BCUT2D eigenvalue weighted by Crippen LogP contribution is -2.32. The van der Waals surface area contributed by atoms with Crippen molar-refractivity contribution < 1.29 is 41.5 Å². The van der Waals surface area contributed by atoms with E-state index in [1.54, 1.807) is 30.3 Å². The normalized spacial score (nSPS) is 12.3. The van der Waals surface area contributed by atoms with Crippen LogP contribution in [0.2, 0.25) is 0 Å². The van der Waals surface area contributed by atoms with Crippen LogP contribution in [-0.2, 0) is 34.0 Å². The minimum Gasteiger partial charge on any atom is -0.452 e. The fourth-order valence-corrected chi connectivity index (χ4v) is 3.28. The first-order chi connectivity index (χ1) is 14.1. The van der Waals surface area contributed by atoms with Crippen molar-refractivity contribution in [2.45, 2.75) is 37.9 Å². The molecule has 2 aromatic rings. The lowest BCUT2D eigenvalue weighted by molar-refractivity contribution is -0.165. The molecule has 11 heteroatoms. The number of halogens is 1. The number of para-hydroxylation sites is 1. The highest BCUT2D eigenvalue weighted by Crippen LogP contribution is 2.22. The number of hydrogen-bond acceptors (Lipinski definition) is 7. The van der Waals surface area contributed by atoms with E-state index < -0.39 is 51.3 Å². The molecule has 2 N–H and O–H groups in total. The lowest BCUT2D eigenvalue weighted by Gasteiger charge is -2.20. The van der Waals surface area contributed by atoms with E-state index in [0.29, 0.717) is 5.56 Å². The molecule has 2 atom stereocenters. The zero-order valence-electron chi connectivity index (χ0n) is 16.7. The number of carbonyl (C=O) groups is 3. The van der Waals surface area contributed by atoms with E-state index in [9.17, 15) is 27.4 Å². The van der Waals surface area contributed by atoms with Gasteiger partial charge in [0.15, 0.2) is 18.0 Å². The van der Waals surface area contributed by atoms with E-state index in [1.807, 2.05) is 0 Å². The molecule has 176 valence electrons. The van der Waals surface area contributed by atoms with Crippen LogP contribution in [0.4, 0.5) is 10.4 Å². The molecule has 0 saturated heterocycles. The third kappa shape index (κ3) is 7.84. The van der Waals surface area contributed by atoms with E-state index in [2.05, 4.69) is 5.32 Å². The van der Waals surface area contributed by atoms with Crippen LogP contribution in [0, 0.1) is 0 Å². The van der Waals surface area contributed by atoms with Gasteiger partial charge in [-0.2, -0.15) is 8.42 Å². The van der Waals surface area contributed by atoms with Crippen LogP contribution in [0.5, 0.6) is 0 Å². The monoisotopic (exact) mass is 471 g/mol. The molecule has 9 nitrogen and oxygen atoms in total. The Hall–Kier alpha value is -3.15. The van der Waals surface area contributed by atoms with Crippen LogP contribution < -0.4 is 5.32 Å². The number of ketones is 1. The van der Waals surface area contributed by atoms with Gasteiger partial charge in [0.05, 0.1) is 12.1 Å². The number of esters is 1. The first kappa shape index (κ1) is 28.9. The second-order valence-corrected chi connectivity index (χ2v) is 7.68. The molecule has 0 bridgehead atoms. The third-order valence-corrected chi connectivity index (χ3v) is 4.99. The van der Waals surface area contributed by atoms with E-state index >= 15 is 0 Å². The standard InChI is InChI=1S/C20H21NO8S.CH4.FH/c1-13(22)16(29-20(24)19(28-2)14-8-4-3-5-9-14)12-18(23)21-15-10-6-7-11-17(15)30(25,26)27;;/h3-11,16,19H,12H2,1-2H3,(H,21,23)(H,25,26,27);1H4;1H. The summed E-state index contributed by atoms with van der Waals surface area (Å²) in [5, 5.41) is 2.30. The van der Waals surface area contributed by atoms with Crippen molar-refractivity contribution in [1.82, 2.24) is 0 Å². The molecule has 0 spiro atoms. The minimum absolute atomic E-state index is 0. The Morgan fingerprint density at radius 2 is 1.59 bits per heavy atom. The maximum absolute atomic E-state index is 12.5. The Morgan fingerprint density at radius 3 is 2.12 bits per heavy atom. The Bertz CT molecular complexity index is 1030. The first-order valence-electron chi connectivity index (χ1n) is 8.78. The van der Waals surface area contributed by atoms with Gasteiger partial charge in [-0.25, -0.2) is 4.79 Å². The molecule has 0 aliphatic heterocycles. The van der Waals surface area contributed by atoms with Crippen LogP contribution >= 0.6 is 0 Å². The van der Waals surface area contributed by atoms with Crippen molar-refractivity contribution in [2.75, 3.05) is 12.4 Å². The average Bonchev–Trinajstić information content (AvgIpc) is 2.68. The number of hydrogen-bond donors (Lipinski definition) is 2. The fraction of sp³-hybridized carbons (Fsp3) is 0.286. The molecule has 2 rings (SSSR count). The van der Waals surface area contributed by atoms with Crippen molar-refractivity contribution >= 4 is 33.5 Å². The van der Waals surface area contributed by atoms with Gasteiger partial charge in [0, 0.05) is 7.11 Å². The highest BCUT2D eigenvalue weighted by atomic mass is 32.2. The molecular formula is C21H26FNO8S. The Balaban J connectivity index is 0.00000480. The molecule has 0 aliphatic carbocycles. The number of anilines is 1. The Kier molecular flexibility index (Phi) is 11.4. The summed E-state index contributed by atoms with van der Waals surface area (Å²) in [4.78, 5) is 36.2. The summed E-state index contributed by atoms with van der Waals surface area (Å²) < 4.78 is 42.4. The van der Waals surface area contributed by atoms with E-state index in [4.69, 9.17) is 9.47 Å². The van der Waals surface area contributed by atoms with Crippen molar-refractivity contribution in [3.63, 3.8) is 0 Å². The maximum Gasteiger partial charge on any atom is 0.340 e. The van der Waals surface area contributed by atoms with Crippen molar-refractivity contribution in [1.29, 1.82) is 0 Å². The molecule has 2 unspecified atom stereocenters. The van der Waals surface area contributed by atoms with Gasteiger partial charge in [0.2, 0.25) is 5.91 Å². The van der Waals surface area contributed by atoms with Crippen LogP contribution in [0.1, 0.15) is 32.4 Å². The third-order valence-electron chi connectivity index (χ3n) is 4.07. The maximum atomic E-state index is 12.5. The zero-order valence-corrected chi connectivity index (χ0v) is 17.5. The number of nitrogens with one attached hydrogen (secondary N) is 1. The summed E-state index contributed by atoms with van der Waals surface area (Å²) in [5.41, 5.74) is 0.344. The zero-order chi connectivity index (χ0) is 22.3. The lowest BCUT2D eigenvalue weighted by atomic mass is 10.1. The number of carbonyl (C=O) groups excluding carboxylic acids is 3. The smallest absolute Gasteiger partial charge is 0.340 e. The van der Waals surface area contributed by atoms with E-state index in [-0.39, 0.29) is 17.8 Å². The highest BCUT2D eigenvalue weighted by Gasteiger charge is 2.29. The minimum atomic E-state index is -4.57. The molecule has 0 saturated carbocycles. The van der Waals surface area contributed by atoms with Crippen LogP contribution in [0.25, 0.3) is 0 Å². The summed E-state index contributed by atoms with van der Waals surface area (Å²) >= 11 is 0. The van der Waals surface area contributed by atoms with Gasteiger partial charge < -0.3 is 14.8 Å². The molecule has 0 fully saturated rings. The van der Waals surface area contributed by atoms with Crippen LogP contribution in [0.15, 0.2) is 59.5 Å². The van der Waals surface area contributed by atoms with Gasteiger partial charge in [-0.3, -0.25) is 18.8 Å². The SMILES string of the molecule is C.COC(C(=O)OC(CC(=O)Nc1ccccc1S(=O)(=O)O)C(C)=O)c1ccccc1.F. The number of benzene rings is 2. The van der Waals surface area contributed by atoms with Crippen molar-refractivity contribution in [2.24, 2.45) is 0 Å². The Labute approximate surface area is 185 Å².